The molecule has 0 aliphatic rings. The third kappa shape index (κ3) is 3.12. The summed E-state index contributed by atoms with van der Waals surface area (Å²) >= 11 is 0. The molecule has 4 N–H and O–H groups in total. The van der Waals surface area contributed by atoms with Gasteiger partial charge < -0.3 is 15.4 Å². The molecule has 0 rings (SSSR count). The van der Waals surface area contributed by atoms with Crippen molar-refractivity contribution in [2.45, 2.75) is 6.92 Å². The van der Waals surface area contributed by atoms with E-state index in [4.69, 9.17) is 15.4 Å². The van der Waals surface area contributed by atoms with Gasteiger partial charge in [0.05, 0.1) is 0 Å². The molecule has 0 heterocycles. The number of rotatable bonds is 5. The van der Waals surface area contributed by atoms with E-state index in [1.807, 2.05) is 12.4 Å². The van der Waals surface area contributed by atoms with Gasteiger partial charge in [-0.2, -0.15) is 0 Å². The highest BCUT2D eigenvalue weighted by Gasteiger charge is 2.14. The van der Waals surface area contributed by atoms with Gasteiger partial charge in [-0.05, 0) is 5.92 Å². The summed E-state index contributed by atoms with van der Waals surface area (Å²) < 4.78 is 0. The minimum Gasteiger partial charge on any atom is -0.396 e. The number of aliphatic hydroxyl groups excluding tert-OH is 2. The van der Waals surface area contributed by atoms with Crippen molar-refractivity contribution in [3.63, 3.8) is 0 Å². The van der Waals surface area contributed by atoms with Crippen LogP contribution in [0.4, 0.5) is 0 Å². The summed E-state index contributed by atoms with van der Waals surface area (Å²) in [4.78, 5) is 0. The molecule has 0 saturated carbocycles. The topological polar surface area (TPSA) is 72.7 Å². The Morgan fingerprint density at radius 3 is 2.20 bits per heavy atom. The van der Waals surface area contributed by atoms with E-state index in [1.54, 1.807) is 0 Å². The van der Waals surface area contributed by atoms with Crippen molar-refractivity contribution < 1.29 is 15.4 Å². The molecule has 0 spiro atoms. The van der Waals surface area contributed by atoms with Crippen LogP contribution in [0.3, 0.4) is 0 Å². The minimum atomic E-state index is -0.0741. The SMILES string of the molecule is CC(CO)C(CO)CNO. The van der Waals surface area contributed by atoms with Gasteiger partial charge in [0, 0.05) is 25.7 Å². The van der Waals surface area contributed by atoms with E-state index in [2.05, 4.69) is 0 Å². The Morgan fingerprint density at radius 1 is 1.30 bits per heavy atom. The van der Waals surface area contributed by atoms with Crippen LogP contribution >= 0.6 is 0 Å². The first-order valence-electron chi connectivity index (χ1n) is 3.35. The van der Waals surface area contributed by atoms with Crippen LogP contribution in [0.15, 0.2) is 0 Å². The van der Waals surface area contributed by atoms with Crippen molar-refractivity contribution in [1.29, 1.82) is 0 Å². The number of nitrogens with one attached hydrogen (secondary N) is 1. The standard InChI is InChI=1S/C6H15NO3/c1-5(3-8)6(4-9)2-7-10/h5-10H,2-4H2,1H3. The Bertz CT molecular complexity index is 79.4. The minimum absolute atomic E-state index is 0.0182. The summed E-state index contributed by atoms with van der Waals surface area (Å²) in [6, 6.07) is 0. The summed E-state index contributed by atoms with van der Waals surface area (Å²) in [5, 5.41) is 25.6. The summed E-state index contributed by atoms with van der Waals surface area (Å²) in [6.07, 6.45) is 0. The maximum absolute atomic E-state index is 8.70. The number of hydroxylamine groups is 1. The van der Waals surface area contributed by atoms with Crippen molar-refractivity contribution in [3.8, 4) is 0 Å². The zero-order valence-electron chi connectivity index (χ0n) is 6.12. The molecule has 0 amide bonds. The van der Waals surface area contributed by atoms with Crippen LogP contribution < -0.4 is 5.48 Å². The van der Waals surface area contributed by atoms with Gasteiger partial charge in [-0.15, -0.1) is 0 Å². The van der Waals surface area contributed by atoms with Gasteiger partial charge in [0.1, 0.15) is 0 Å². The van der Waals surface area contributed by atoms with Crippen molar-refractivity contribution in [3.05, 3.63) is 0 Å². The molecular weight excluding hydrogens is 134 g/mol. The summed E-state index contributed by atoms with van der Waals surface area (Å²) in [5.41, 5.74) is 1.96. The van der Waals surface area contributed by atoms with Crippen LogP contribution in [0.25, 0.3) is 0 Å². The van der Waals surface area contributed by atoms with Gasteiger partial charge >= 0.3 is 0 Å². The lowest BCUT2D eigenvalue weighted by Crippen LogP contribution is -2.29. The maximum Gasteiger partial charge on any atom is 0.0475 e. The Kier molecular flexibility index (Phi) is 5.52. The smallest absolute Gasteiger partial charge is 0.0475 e. The molecule has 2 atom stereocenters. The monoisotopic (exact) mass is 149 g/mol. The van der Waals surface area contributed by atoms with Gasteiger partial charge in [0.2, 0.25) is 0 Å². The predicted molar refractivity (Wildman–Crippen MR) is 36.6 cm³/mol. The molecule has 10 heavy (non-hydrogen) atoms. The first-order chi connectivity index (χ1) is 4.76. The van der Waals surface area contributed by atoms with E-state index < -0.39 is 0 Å². The second-order valence-electron chi connectivity index (χ2n) is 2.46. The quantitative estimate of drug-likeness (QED) is 0.386. The lowest BCUT2D eigenvalue weighted by Gasteiger charge is -2.18. The first kappa shape index (κ1) is 9.84. The molecule has 0 saturated heterocycles. The average molecular weight is 149 g/mol. The highest BCUT2D eigenvalue weighted by molar-refractivity contribution is 4.64. The molecule has 0 aliphatic heterocycles. The van der Waals surface area contributed by atoms with Gasteiger partial charge in [0.15, 0.2) is 0 Å². The highest BCUT2D eigenvalue weighted by atomic mass is 16.5. The Labute approximate surface area is 60.5 Å². The van der Waals surface area contributed by atoms with Crippen molar-refractivity contribution >= 4 is 0 Å². The third-order valence-electron chi connectivity index (χ3n) is 1.68. The lowest BCUT2D eigenvalue weighted by atomic mass is 9.96. The summed E-state index contributed by atoms with van der Waals surface area (Å²) in [7, 11) is 0. The summed E-state index contributed by atoms with van der Waals surface area (Å²) in [6.45, 7) is 2.15. The van der Waals surface area contributed by atoms with Crippen LogP contribution in [0.1, 0.15) is 6.92 Å². The van der Waals surface area contributed by atoms with E-state index >= 15 is 0 Å². The van der Waals surface area contributed by atoms with Crippen molar-refractivity contribution in [1.82, 2.24) is 5.48 Å². The average Bonchev–Trinajstić information content (AvgIpc) is 1.99. The third-order valence-corrected chi connectivity index (χ3v) is 1.68. The molecule has 0 fully saturated rings. The molecule has 0 aliphatic carbocycles. The van der Waals surface area contributed by atoms with Crippen molar-refractivity contribution in [2.24, 2.45) is 11.8 Å². The van der Waals surface area contributed by atoms with E-state index in [0.717, 1.165) is 0 Å². The van der Waals surface area contributed by atoms with Gasteiger partial charge in [-0.25, -0.2) is 5.48 Å². The van der Waals surface area contributed by atoms with Crippen LogP contribution in [-0.2, 0) is 0 Å². The Morgan fingerprint density at radius 2 is 1.90 bits per heavy atom. The molecule has 0 aromatic heterocycles. The fraction of sp³-hybridized carbons (Fsp3) is 1.00. The second kappa shape index (κ2) is 5.61. The fourth-order valence-electron chi connectivity index (χ4n) is 0.712. The number of hydrogen-bond acceptors (Lipinski definition) is 4. The van der Waals surface area contributed by atoms with Gasteiger partial charge in [0.25, 0.3) is 0 Å². The largest absolute Gasteiger partial charge is 0.396 e. The van der Waals surface area contributed by atoms with E-state index in [9.17, 15) is 0 Å². The lowest BCUT2D eigenvalue weighted by molar-refractivity contribution is 0.0820. The van der Waals surface area contributed by atoms with Gasteiger partial charge in [-0.1, -0.05) is 6.92 Å². The molecule has 0 radical (unpaired) electrons. The highest BCUT2D eigenvalue weighted by Crippen LogP contribution is 2.07. The normalized spacial score (nSPS) is 16.8. The van der Waals surface area contributed by atoms with Crippen LogP contribution in [0.5, 0.6) is 0 Å². The van der Waals surface area contributed by atoms with E-state index in [-0.39, 0.29) is 25.0 Å². The fourth-order valence-corrected chi connectivity index (χ4v) is 0.712. The Hall–Kier alpha value is -0.160. The zero-order chi connectivity index (χ0) is 7.98. The molecule has 2 unspecified atom stereocenters. The predicted octanol–water partition coefficient (Wildman–Crippen LogP) is -0.798. The first-order valence-corrected chi connectivity index (χ1v) is 3.35. The van der Waals surface area contributed by atoms with E-state index in [1.165, 1.54) is 0 Å². The molecule has 4 nitrogen and oxygen atoms in total. The van der Waals surface area contributed by atoms with Crippen LogP contribution in [0.2, 0.25) is 0 Å². The van der Waals surface area contributed by atoms with Crippen LogP contribution in [-0.4, -0.2) is 35.2 Å². The molecule has 0 aromatic rings. The second-order valence-corrected chi connectivity index (χ2v) is 2.46. The molecule has 62 valence electrons. The molecule has 0 bridgehead atoms. The van der Waals surface area contributed by atoms with Gasteiger partial charge in [-0.3, -0.25) is 0 Å². The van der Waals surface area contributed by atoms with Crippen LogP contribution in [0, 0.1) is 11.8 Å². The zero-order valence-corrected chi connectivity index (χ0v) is 6.12. The molecule has 4 heteroatoms. The summed E-state index contributed by atoms with van der Waals surface area (Å²) in [5.74, 6) is -0.0559. The number of aliphatic hydroxyl groups is 2. The Balaban J connectivity index is 3.56. The number of hydrogen-bond donors (Lipinski definition) is 4. The van der Waals surface area contributed by atoms with Crippen molar-refractivity contribution in [2.75, 3.05) is 19.8 Å². The maximum atomic E-state index is 8.70. The molecule has 0 aromatic carbocycles. The molecular formula is C6H15NO3. The van der Waals surface area contributed by atoms with E-state index in [0.29, 0.717) is 6.54 Å².